The summed E-state index contributed by atoms with van der Waals surface area (Å²) in [4.78, 5) is 23.3. The van der Waals surface area contributed by atoms with Crippen molar-refractivity contribution in [3.05, 3.63) is 28.8 Å². The lowest BCUT2D eigenvalue weighted by Crippen LogP contribution is -2.24. The molecule has 0 aliphatic rings. The van der Waals surface area contributed by atoms with Crippen LogP contribution >= 0.6 is 0 Å². The Morgan fingerprint density at radius 1 is 1.24 bits per heavy atom. The molecule has 116 valence electrons. The molecule has 0 aromatic heterocycles. The third-order valence-electron chi connectivity index (χ3n) is 4.15. The van der Waals surface area contributed by atoms with Crippen molar-refractivity contribution in [1.29, 1.82) is 0 Å². The predicted octanol–water partition coefficient (Wildman–Crippen LogP) is 4.01. The van der Waals surface area contributed by atoms with Crippen LogP contribution in [0.5, 0.6) is 0 Å². The van der Waals surface area contributed by atoms with Gasteiger partial charge in [0.2, 0.25) is 5.91 Å². The van der Waals surface area contributed by atoms with E-state index in [1.165, 1.54) is 6.07 Å². The Kier molecular flexibility index (Phi) is 5.15. The molecule has 0 aliphatic heterocycles. The molecule has 0 aliphatic carbocycles. The van der Waals surface area contributed by atoms with E-state index in [1.54, 1.807) is 13.0 Å². The van der Waals surface area contributed by atoms with Crippen LogP contribution in [0.3, 0.4) is 0 Å². The SMILES string of the molecule is Cc1cc(NC(=O)CC(C)C(C)(C)C)cc(C(=O)O)c1C. The molecule has 1 rings (SSSR count). The molecule has 0 heterocycles. The van der Waals surface area contributed by atoms with Gasteiger partial charge in [-0.3, -0.25) is 4.79 Å². The standard InChI is InChI=1S/C17H25NO3/c1-10-7-13(9-14(12(10)3)16(20)21)18-15(19)8-11(2)17(4,5)6/h7,9,11H,8H2,1-6H3,(H,18,19)(H,20,21). The minimum atomic E-state index is -0.977. The molecule has 1 aromatic carbocycles. The Bertz CT molecular complexity index is 556. The Balaban J connectivity index is 2.89. The van der Waals surface area contributed by atoms with Crippen LogP contribution in [0.2, 0.25) is 0 Å². The largest absolute Gasteiger partial charge is 0.478 e. The summed E-state index contributed by atoms with van der Waals surface area (Å²) in [7, 11) is 0. The maximum Gasteiger partial charge on any atom is 0.336 e. The zero-order chi connectivity index (χ0) is 16.4. The fourth-order valence-corrected chi connectivity index (χ4v) is 1.95. The summed E-state index contributed by atoms with van der Waals surface area (Å²) >= 11 is 0. The van der Waals surface area contributed by atoms with Gasteiger partial charge in [0.15, 0.2) is 0 Å². The molecule has 0 spiro atoms. The first-order valence-electron chi connectivity index (χ1n) is 7.16. The summed E-state index contributed by atoms with van der Waals surface area (Å²) in [6, 6.07) is 3.33. The van der Waals surface area contributed by atoms with Crippen LogP contribution in [-0.4, -0.2) is 17.0 Å². The van der Waals surface area contributed by atoms with E-state index in [4.69, 9.17) is 0 Å². The number of carboxylic acid groups (broad SMARTS) is 1. The lowest BCUT2D eigenvalue weighted by atomic mass is 9.80. The van der Waals surface area contributed by atoms with Crippen molar-refractivity contribution < 1.29 is 14.7 Å². The van der Waals surface area contributed by atoms with E-state index < -0.39 is 5.97 Å². The minimum absolute atomic E-state index is 0.0623. The molecule has 0 saturated carbocycles. The molecule has 1 unspecified atom stereocenters. The van der Waals surface area contributed by atoms with Gasteiger partial charge in [-0.2, -0.15) is 0 Å². The van der Waals surface area contributed by atoms with Crippen LogP contribution in [-0.2, 0) is 4.79 Å². The number of hydrogen-bond donors (Lipinski definition) is 2. The molecule has 4 heteroatoms. The molecule has 4 nitrogen and oxygen atoms in total. The summed E-state index contributed by atoms with van der Waals surface area (Å²) in [6.07, 6.45) is 0.416. The van der Waals surface area contributed by atoms with E-state index in [1.807, 2.05) is 13.8 Å². The highest BCUT2D eigenvalue weighted by Gasteiger charge is 2.22. The topological polar surface area (TPSA) is 66.4 Å². The van der Waals surface area contributed by atoms with Crippen LogP contribution in [0.1, 0.15) is 55.6 Å². The van der Waals surface area contributed by atoms with Crippen molar-refractivity contribution in [3.8, 4) is 0 Å². The first-order chi connectivity index (χ1) is 9.52. The molecule has 1 aromatic rings. The van der Waals surface area contributed by atoms with Crippen LogP contribution in [0, 0.1) is 25.2 Å². The maximum atomic E-state index is 12.1. The Morgan fingerprint density at radius 3 is 2.29 bits per heavy atom. The Morgan fingerprint density at radius 2 is 1.81 bits per heavy atom. The third kappa shape index (κ3) is 4.59. The van der Waals surface area contributed by atoms with Crippen LogP contribution in [0.25, 0.3) is 0 Å². The zero-order valence-corrected chi connectivity index (χ0v) is 13.7. The average molecular weight is 291 g/mol. The van der Waals surface area contributed by atoms with E-state index in [0.29, 0.717) is 12.1 Å². The number of anilines is 1. The Hall–Kier alpha value is -1.84. The van der Waals surface area contributed by atoms with Gasteiger partial charge >= 0.3 is 5.97 Å². The number of carbonyl (C=O) groups is 2. The van der Waals surface area contributed by atoms with Gasteiger partial charge in [-0.15, -0.1) is 0 Å². The second kappa shape index (κ2) is 6.29. The molecular formula is C17H25NO3. The summed E-state index contributed by atoms with van der Waals surface area (Å²) in [6.45, 7) is 12.0. The summed E-state index contributed by atoms with van der Waals surface area (Å²) in [5.74, 6) is -0.824. The quantitative estimate of drug-likeness (QED) is 0.880. The van der Waals surface area contributed by atoms with Crippen molar-refractivity contribution in [2.75, 3.05) is 5.32 Å². The van der Waals surface area contributed by atoms with Crippen LogP contribution < -0.4 is 5.32 Å². The van der Waals surface area contributed by atoms with E-state index in [2.05, 4.69) is 26.1 Å². The van der Waals surface area contributed by atoms with Crippen molar-refractivity contribution in [2.24, 2.45) is 11.3 Å². The third-order valence-corrected chi connectivity index (χ3v) is 4.15. The Labute approximate surface area is 126 Å². The van der Waals surface area contributed by atoms with Gasteiger partial charge in [0, 0.05) is 12.1 Å². The fraction of sp³-hybridized carbons (Fsp3) is 0.529. The van der Waals surface area contributed by atoms with Gasteiger partial charge in [0.05, 0.1) is 5.56 Å². The number of carboxylic acids is 1. The van der Waals surface area contributed by atoms with Crippen molar-refractivity contribution >= 4 is 17.6 Å². The molecular weight excluding hydrogens is 266 g/mol. The minimum Gasteiger partial charge on any atom is -0.478 e. The number of rotatable bonds is 4. The van der Waals surface area contributed by atoms with Crippen molar-refractivity contribution in [1.82, 2.24) is 0 Å². The normalized spacial score (nSPS) is 12.9. The monoisotopic (exact) mass is 291 g/mol. The number of aryl methyl sites for hydroxylation is 1. The van der Waals surface area contributed by atoms with Gasteiger partial charge in [-0.1, -0.05) is 27.7 Å². The summed E-state index contributed by atoms with van der Waals surface area (Å²) in [5, 5.41) is 12.0. The van der Waals surface area contributed by atoms with Crippen molar-refractivity contribution in [2.45, 2.75) is 48.0 Å². The van der Waals surface area contributed by atoms with E-state index in [-0.39, 0.29) is 22.8 Å². The number of nitrogens with one attached hydrogen (secondary N) is 1. The predicted molar refractivity (Wildman–Crippen MR) is 84.7 cm³/mol. The molecule has 0 saturated heterocycles. The van der Waals surface area contributed by atoms with Gasteiger partial charge in [-0.25, -0.2) is 4.79 Å². The molecule has 0 bridgehead atoms. The average Bonchev–Trinajstić information content (AvgIpc) is 2.31. The molecule has 1 atom stereocenters. The zero-order valence-electron chi connectivity index (χ0n) is 13.7. The van der Waals surface area contributed by atoms with E-state index in [9.17, 15) is 14.7 Å². The second-order valence-electron chi connectivity index (χ2n) is 6.79. The van der Waals surface area contributed by atoms with E-state index >= 15 is 0 Å². The molecule has 1 amide bonds. The van der Waals surface area contributed by atoms with Crippen LogP contribution in [0.15, 0.2) is 12.1 Å². The number of carbonyl (C=O) groups excluding carboxylic acids is 1. The van der Waals surface area contributed by atoms with Gasteiger partial charge in [0.1, 0.15) is 0 Å². The highest BCUT2D eigenvalue weighted by atomic mass is 16.4. The smallest absolute Gasteiger partial charge is 0.336 e. The highest BCUT2D eigenvalue weighted by Crippen LogP contribution is 2.28. The second-order valence-corrected chi connectivity index (χ2v) is 6.79. The van der Waals surface area contributed by atoms with E-state index in [0.717, 1.165) is 11.1 Å². The summed E-state index contributed by atoms with van der Waals surface area (Å²) in [5.41, 5.74) is 2.42. The first-order valence-corrected chi connectivity index (χ1v) is 7.16. The molecule has 21 heavy (non-hydrogen) atoms. The molecule has 0 fully saturated rings. The first kappa shape index (κ1) is 17.2. The van der Waals surface area contributed by atoms with Crippen LogP contribution in [0.4, 0.5) is 5.69 Å². The summed E-state index contributed by atoms with van der Waals surface area (Å²) < 4.78 is 0. The number of hydrogen-bond acceptors (Lipinski definition) is 2. The highest BCUT2D eigenvalue weighted by molar-refractivity contribution is 5.95. The number of benzene rings is 1. The van der Waals surface area contributed by atoms with Gasteiger partial charge in [0.25, 0.3) is 0 Å². The fourth-order valence-electron chi connectivity index (χ4n) is 1.95. The van der Waals surface area contributed by atoms with Crippen molar-refractivity contribution in [3.63, 3.8) is 0 Å². The maximum absolute atomic E-state index is 12.1. The van der Waals surface area contributed by atoms with Gasteiger partial charge in [-0.05, 0) is 48.4 Å². The number of amides is 1. The lowest BCUT2D eigenvalue weighted by molar-refractivity contribution is -0.117. The molecule has 0 radical (unpaired) electrons. The number of aromatic carboxylic acids is 1. The molecule has 2 N–H and O–H groups in total. The lowest BCUT2D eigenvalue weighted by Gasteiger charge is -2.26. The van der Waals surface area contributed by atoms with Gasteiger partial charge < -0.3 is 10.4 Å².